The van der Waals surface area contributed by atoms with Crippen molar-refractivity contribution in [1.82, 2.24) is 9.80 Å². The van der Waals surface area contributed by atoms with Crippen molar-refractivity contribution in [3.63, 3.8) is 0 Å². The number of ether oxygens (including phenoxy) is 2. The second-order valence-electron chi connectivity index (χ2n) is 6.26. The highest BCUT2D eigenvalue weighted by Crippen LogP contribution is 2.28. The summed E-state index contributed by atoms with van der Waals surface area (Å²) in [5.74, 6) is 0.401. The molecule has 0 bridgehead atoms. The van der Waals surface area contributed by atoms with Gasteiger partial charge >= 0.3 is 6.03 Å². The van der Waals surface area contributed by atoms with E-state index < -0.39 is 5.82 Å². The summed E-state index contributed by atoms with van der Waals surface area (Å²) < 4.78 is 24.1. The van der Waals surface area contributed by atoms with E-state index in [1.165, 1.54) is 26.4 Å². The summed E-state index contributed by atoms with van der Waals surface area (Å²) in [6, 6.07) is 10.6. The van der Waals surface area contributed by atoms with Crippen LogP contribution in [0.2, 0.25) is 0 Å². The molecule has 28 heavy (non-hydrogen) atoms. The van der Waals surface area contributed by atoms with Crippen LogP contribution in [0.3, 0.4) is 0 Å². The summed E-state index contributed by atoms with van der Waals surface area (Å²) in [5, 5.41) is 2.56. The molecule has 3 rings (SSSR count). The summed E-state index contributed by atoms with van der Waals surface area (Å²) in [6.07, 6.45) is 0. The van der Waals surface area contributed by atoms with Crippen LogP contribution in [0.15, 0.2) is 42.5 Å². The lowest BCUT2D eigenvalue weighted by Gasteiger charge is -2.34. The predicted octanol–water partition coefficient (Wildman–Crippen LogP) is 2.83. The number of halogens is 1. The third kappa shape index (κ3) is 4.16. The van der Waals surface area contributed by atoms with Gasteiger partial charge in [-0.1, -0.05) is 12.1 Å². The van der Waals surface area contributed by atoms with E-state index in [1.54, 1.807) is 40.1 Å². The number of carbonyl (C=O) groups is 2. The Morgan fingerprint density at radius 3 is 2.21 bits per heavy atom. The highest BCUT2D eigenvalue weighted by atomic mass is 19.1. The summed E-state index contributed by atoms with van der Waals surface area (Å²) in [7, 11) is 3.05. The van der Waals surface area contributed by atoms with E-state index >= 15 is 0 Å². The minimum atomic E-state index is -0.488. The van der Waals surface area contributed by atoms with Crippen LogP contribution < -0.4 is 14.8 Å². The van der Waals surface area contributed by atoms with Crippen molar-refractivity contribution >= 4 is 17.6 Å². The maximum absolute atomic E-state index is 13.7. The quantitative estimate of drug-likeness (QED) is 0.876. The number of para-hydroxylation sites is 1. The van der Waals surface area contributed by atoms with Gasteiger partial charge < -0.3 is 24.6 Å². The molecular weight excluding hydrogens is 365 g/mol. The number of piperazine rings is 1. The molecule has 0 spiro atoms. The van der Waals surface area contributed by atoms with Gasteiger partial charge in [-0.25, -0.2) is 9.18 Å². The summed E-state index contributed by atoms with van der Waals surface area (Å²) in [6.45, 7) is 1.49. The zero-order valence-electron chi connectivity index (χ0n) is 15.8. The Balaban J connectivity index is 1.59. The number of nitrogens with zero attached hydrogens (tertiary/aromatic N) is 2. The maximum Gasteiger partial charge on any atom is 0.322 e. The molecule has 0 aromatic heterocycles. The highest BCUT2D eigenvalue weighted by molar-refractivity contribution is 5.95. The molecule has 0 atom stereocenters. The first-order chi connectivity index (χ1) is 13.5. The van der Waals surface area contributed by atoms with E-state index in [0.29, 0.717) is 43.2 Å². The second kappa shape index (κ2) is 8.60. The number of nitrogens with one attached hydrogen (secondary N) is 1. The van der Waals surface area contributed by atoms with E-state index in [1.807, 2.05) is 0 Å². The molecule has 0 saturated carbocycles. The summed E-state index contributed by atoms with van der Waals surface area (Å²) in [4.78, 5) is 28.3. The van der Waals surface area contributed by atoms with Crippen LogP contribution in [0.25, 0.3) is 0 Å². The van der Waals surface area contributed by atoms with Gasteiger partial charge in [-0.3, -0.25) is 4.79 Å². The third-order valence-electron chi connectivity index (χ3n) is 4.60. The monoisotopic (exact) mass is 387 g/mol. The number of hydrogen-bond acceptors (Lipinski definition) is 4. The van der Waals surface area contributed by atoms with Crippen molar-refractivity contribution in [2.24, 2.45) is 0 Å². The molecule has 1 aliphatic heterocycles. The molecule has 0 radical (unpaired) electrons. The first-order valence-electron chi connectivity index (χ1n) is 8.85. The zero-order valence-corrected chi connectivity index (χ0v) is 15.8. The lowest BCUT2D eigenvalue weighted by atomic mass is 10.1. The molecule has 2 aromatic rings. The smallest absolute Gasteiger partial charge is 0.322 e. The molecule has 1 saturated heterocycles. The van der Waals surface area contributed by atoms with Gasteiger partial charge in [0, 0.05) is 31.7 Å². The first-order valence-corrected chi connectivity index (χ1v) is 8.85. The van der Waals surface area contributed by atoms with Crippen molar-refractivity contribution in [2.45, 2.75) is 0 Å². The Labute approximate surface area is 162 Å². The van der Waals surface area contributed by atoms with Gasteiger partial charge in [0.2, 0.25) is 0 Å². The molecule has 3 amide bonds. The summed E-state index contributed by atoms with van der Waals surface area (Å²) >= 11 is 0. The van der Waals surface area contributed by atoms with Crippen LogP contribution in [0.1, 0.15) is 10.4 Å². The molecule has 2 aromatic carbocycles. The lowest BCUT2D eigenvalue weighted by Crippen LogP contribution is -2.51. The molecule has 1 fully saturated rings. The molecule has 1 N–H and O–H groups in total. The molecule has 8 heteroatoms. The van der Waals surface area contributed by atoms with Crippen molar-refractivity contribution in [1.29, 1.82) is 0 Å². The third-order valence-corrected chi connectivity index (χ3v) is 4.60. The Kier molecular flexibility index (Phi) is 5.98. The molecule has 1 heterocycles. The Bertz CT molecular complexity index is 866. The normalized spacial score (nSPS) is 13.8. The van der Waals surface area contributed by atoms with Gasteiger partial charge in [-0.2, -0.15) is 0 Å². The van der Waals surface area contributed by atoms with Gasteiger partial charge in [-0.05, 0) is 30.3 Å². The number of hydrogen-bond donors (Lipinski definition) is 1. The minimum absolute atomic E-state index is 0.135. The van der Waals surface area contributed by atoms with Crippen molar-refractivity contribution in [2.75, 3.05) is 45.7 Å². The molecule has 148 valence electrons. The van der Waals surface area contributed by atoms with Crippen LogP contribution in [-0.4, -0.2) is 62.1 Å². The Morgan fingerprint density at radius 2 is 1.57 bits per heavy atom. The van der Waals surface area contributed by atoms with Crippen LogP contribution in [0.5, 0.6) is 11.5 Å². The van der Waals surface area contributed by atoms with Gasteiger partial charge in [0.15, 0.2) is 11.5 Å². The number of benzene rings is 2. The van der Waals surface area contributed by atoms with E-state index in [0.717, 1.165) is 0 Å². The minimum Gasteiger partial charge on any atom is -0.493 e. The molecule has 1 aliphatic rings. The van der Waals surface area contributed by atoms with E-state index in [2.05, 4.69) is 5.32 Å². The van der Waals surface area contributed by atoms with Gasteiger partial charge in [0.25, 0.3) is 5.91 Å². The van der Waals surface area contributed by atoms with Crippen molar-refractivity contribution < 1.29 is 23.5 Å². The number of anilines is 1. The number of carbonyl (C=O) groups excluding carboxylic acids is 2. The standard InChI is InChI=1S/C20H22FN3O4/c1-27-17-8-7-14(13-18(17)28-2)19(25)23-9-11-24(12-10-23)20(26)22-16-6-4-3-5-15(16)21/h3-8,13H,9-12H2,1-2H3,(H,22,26). The van der Waals surface area contributed by atoms with Crippen molar-refractivity contribution in [3.8, 4) is 11.5 Å². The number of rotatable bonds is 4. The maximum atomic E-state index is 13.7. The fraction of sp³-hybridized carbons (Fsp3) is 0.300. The number of urea groups is 1. The predicted molar refractivity (Wildman–Crippen MR) is 102 cm³/mol. The van der Waals surface area contributed by atoms with E-state index in [4.69, 9.17) is 9.47 Å². The van der Waals surface area contributed by atoms with Crippen LogP contribution in [-0.2, 0) is 0 Å². The first kappa shape index (κ1) is 19.5. The molecule has 0 aliphatic carbocycles. The average molecular weight is 387 g/mol. The number of amides is 3. The second-order valence-corrected chi connectivity index (χ2v) is 6.26. The van der Waals surface area contributed by atoms with Gasteiger partial charge in [-0.15, -0.1) is 0 Å². The SMILES string of the molecule is COc1ccc(C(=O)N2CCN(C(=O)Nc3ccccc3F)CC2)cc1OC. The Hall–Kier alpha value is -3.29. The van der Waals surface area contributed by atoms with Gasteiger partial charge in [0.05, 0.1) is 19.9 Å². The van der Waals surface area contributed by atoms with E-state index in [-0.39, 0.29) is 17.6 Å². The fourth-order valence-electron chi connectivity index (χ4n) is 3.02. The molecular formula is C20H22FN3O4. The average Bonchev–Trinajstić information content (AvgIpc) is 2.74. The number of methoxy groups -OCH3 is 2. The van der Waals surface area contributed by atoms with Crippen LogP contribution in [0.4, 0.5) is 14.9 Å². The largest absolute Gasteiger partial charge is 0.493 e. The zero-order chi connectivity index (χ0) is 20.1. The summed E-state index contributed by atoms with van der Waals surface area (Å²) in [5.41, 5.74) is 0.623. The van der Waals surface area contributed by atoms with Crippen LogP contribution in [0, 0.1) is 5.82 Å². The van der Waals surface area contributed by atoms with Crippen molar-refractivity contribution in [3.05, 3.63) is 53.8 Å². The van der Waals surface area contributed by atoms with E-state index in [9.17, 15) is 14.0 Å². The molecule has 7 nitrogen and oxygen atoms in total. The lowest BCUT2D eigenvalue weighted by molar-refractivity contribution is 0.0671. The topological polar surface area (TPSA) is 71.1 Å². The molecule has 0 unspecified atom stereocenters. The highest BCUT2D eigenvalue weighted by Gasteiger charge is 2.25. The Morgan fingerprint density at radius 1 is 0.929 bits per heavy atom. The van der Waals surface area contributed by atoms with Crippen LogP contribution >= 0.6 is 0 Å². The fourth-order valence-corrected chi connectivity index (χ4v) is 3.02. The van der Waals surface area contributed by atoms with Gasteiger partial charge in [0.1, 0.15) is 5.82 Å².